The molecular formula is C12H16ClNO2S2. The number of sulfonamides is 1. The Morgan fingerprint density at radius 1 is 1.33 bits per heavy atom. The summed E-state index contributed by atoms with van der Waals surface area (Å²) in [7, 11) is -3.08. The van der Waals surface area contributed by atoms with Crippen molar-refractivity contribution in [1.82, 2.24) is 4.31 Å². The van der Waals surface area contributed by atoms with E-state index in [1.54, 1.807) is 16.1 Å². The van der Waals surface area contributed by atoms with Crippen molar-refractivity contribution in [3.05, 3.63) is 34.9 Å². The first-order chi connectivity index (χ1) is 8.48. The predicted molar refractivity (Wildman–Crippen MR) is 77.7 cm³/mol. The summed E-state index contributed by atoms with van der Waals surface area (Å²) < 4.78 is 24.6. The van der Waals surface area contributed by atoms with Gasteiger partial charge in [0.05, 0.1) is 6.26 Å². The first-order valence-corrected chi connectivity index (χ1v) is 9.07. The van der Waals surface area contributed by atoms with E-state index in [4.69, 9.17) is 11.6 Å². The number of rotatable bonds is 2. The lowest BCUT2D eigenvalue weighted by molar-refractivity contribution is 0.432. The Morgan fingerprint density at radius 2 is 2.06 bits per heavy atom. The van der Waals surface area contributed by atoms with Crippen LogP contribution in [0.5, 0.6) is 0 Å². The van der Waals surface area contributed by atoms with Crippen molar-refractivity contribution in [2.45, 2.75) is 11.7 Å². The van der Waals surface area contributed by atoms with Crippen molar-refractivity contribution < 1.29 is 8.42 Å². The minimum atomic E-state index is -3.08. The summed E-state index contributed by atoms with van der Waals surface area (Å²) in [5, 5.41) is 1.05. The minimum absolute atomic E-state index is 0.283. The Bertz CT molecular complexity index is 519. The van der Waals surface area contributed by atoms with Gasteiger partial charge >= 0.3 is 0 Å². The van der Waals surface area contributed by atoms with Crippen molar-refractivity contribution in [3.8, 4) is 0 Å². The molecule has 18 heavy (non-hydrogen) atoms. The zero-order valence-electron chi connectivity index (χ0n) is 10.2. The third-order valence-corrected chi connectivity index (χ3v) is 5.98. The van der Waals surface area contributed by atoms with Gasteiger partial charge in [0.25, 0.3) is 0 Å². The number of thioether (sulfide) groups is 1. The summed E-state index contributed by atoms with van der Waals surface area (Å²) in [5.41, 5.74) is 1.11. The molecule has 1 aromatic carbocycles. The molecule has 0 bridgehead atoms. The molecule has 100 valence electrons. The average molecular weight is 306 g/mol. The fourth-order valence-electron chi connectivity index (χ4n) is 2.07. The van der Waals surface area contributed by atoms with Crippen LogP contribution >= 0.6 is 23.4 Å². The lowest BCUT2D eigenvalue weighted by Crippen LogP contribution is -2.31. The van der Waals surface area contributed by atoms with Gasteiger partial charge in [-0.15, -0.1) is 0 Å². The Kier molecular flexibility index (Phi) is 4.59. The molecule has 1 saturated heterocycles. The molecule has 6 heteroatoms. The van der Waals surface area contributed by atoms with Gasteiger partial charge in [-0.1, -0.05) is 29.8 Å². The quantitative estimate of drug-likeness (QED) is 0.843. The number of hydrogen-bond donors (Lipinski definition) is 0. The molecule has 1 aliphatic heterocycles. The molecule has 0 spiro atoms. The third-order valence-electron chi connectivity index (χ3n) is 3.02. The van der Waals surface area contributed by atoms with Crippen molar-refractivity contribution >= 4 is 33.4 Å². The highest BCUT2D eigenvalue weighted by Gasteiger charge is 2.24. The van der Waals surface area contributed by atoms with Crippen LogP contribution in [-0.2, 0) is 10.0 Å². The topological polar surface area (TPSA) is 37.4 Å². The van der Waals surface area contributed by atoms with Crippen LogP contribution in [-0.4, -0.2) is 37.8 Å². The van der Waals surface area contributed by atoms with Crippen LogP contribution in [0.3, 0.4) is 0 Å². The summed E-state index contributed by atoms with van der Waals surface area (Å²) in [4.78, 5) is 0. The molecule has 1 atom stereocenters. The van der Waals surface area contributed by atoms with Crippen LogP contribution in [0, 0.1) is 0 Å². The molecule has 0 aliphatic carbocycles. The molecule has 0 amide bonds. The third kappa shape index (κ3) is 3.41. The number of nitrogens with zero attached hydrogens (tertiary/aromatic N) is 1. The second-order valence-corrected chi connectivity index (χ2v) is 8.03. The van der Waals surface area contributed by atoms with Gasteiger partial charge in [0.1, 0.15) is 0 Å². The maximum atomic E-state index is 11.5. The van der Waals surface area contributed by atoms with Crippen LogP contribution in [0.4, 0.5) is 0 Å². The minimum Gasteiger partial charge on any atom is -0.213 e. The van der Waals surface area contributed by atoms with Crippen molar-refractivity contribution in [1.29, 1.82) is 0 Å². The molecule has 3 nitrogen and oxygen atoms in total. The van der Waals surface area contributed by atoms with Gasteiger partial charge in [-0.25, -0.2) is 12.7 Å². The van der Waals surface area contributed by atoms with Gasteiger partial charge in [0, 0.05) is 29.1 Å². The second-order valence-electron chi connectivity index (χ2n) is 4.33. The molecule has 1 fully saturated rings. The Hall–Kier alpha value is -0.230. The zero-order valence-corrected chi connectivity index (χ0v) is 12.6. The summed E-state index contributed by atoms with van der Waals surface area (Å²) >= 11 is 7.97. The summed E-state index contributed by atoms with van der Waals surface area (Å²) in [6.07, 6.45) is 2.08. The maximum Gasteiger partial charge on any atom is 0.211 e. The molecule has 1 heterocycles. The fourth-order valence-corrected chi connectivity index (χ4v) is 4.64. The van der Waals surface area contributed by atoms with E-state index in [9.17, 15) is 8.42 Å². The van der Waals surface area contributed by atoms with E-state index in [1.807, 2.05) is 24.3 Å². The van der Waals surface area contributed by atoms with Crippen LogP contribution in [0.1, 0.15) is 17.2 Å². The zero-order chi connectivity index (χ0) is 13.2. The van der Waals surface area contributed by atoms with E-state index in [1.165, 1.54) is 6.26 Å². The van der Waals surface area contributed by atoms with Crippen LogP contribution in [0.15, 0.2) is 24.3 Å². The lowest BCUT2D eigenvalue weighted by atomic mass is 10.1. The molecule has 1 aromatic rings. The van der Waals surface area contributed by atoms with Crippen LogP contribution in [0.25, 0.3) is 0 Å². The predicted octanol–water partition coefficient (Wildman–Crippen LogP) is 2.78. The van der Waals surface area contributed by atoms with Gasteiger partial charge in [0.15, 0.2) is 0 Å². The summed E-state index contributed by atoms with van der Waals surface area (Å²) in [6, 6.07) is 7.80. The molecule has 0 radical (unpaired) electrons. The normalized spacial score (nSPS) is 22.7. The molecule has 0 saturated carbocycles. The van der Waals surface area contributed by atoms with E-state index < -0.39 is 10.0 Å². The van der Waals surface area contributed by atoms with Gasteiger partial charge in [-0.3, -0.25) is 0 Å². The van der Waals surface area contributed by atoms with Gasteiger partial charge < -0.3 is 0 Å². The van der Waals surface area contributed by atoms with Crippen LogP contribution in [0.2, 0.25) is 5.02 Å². The van der Waals surface area contributed by atoms with Gasteiger partial charge in [0.2, 0.25) is 10.0 Å². The van der Waals surface area contributed by atoms with E-state index in [0.717, 1.165) is 22.8 Å². The molecule has 0 N–H and O–H groups in total. The van der Waals surface area contributed by atoms with E-state index in [-0.39, 0.29) is 5.25 Å². The summed E-state index contributed by atoms with van der Waals surface area (Å²) in [6.45, 7) is 1.16. The molecule has 0 aromatic heterocycles. The highest BCUT2D eigenvalue weighted by atomic mass is 35.5. The van der Waals surface area contributed by atoms with E-state index in [0.29, 0.717) is 13.1 Å². The SMILES string of the molecule is CS(=O)(=O)N1CCSC(c2ccccc2Cl)CC1. The molecule has 2 rings (SSSR count). The standard InChI is InChI=1S/C12H16ClNO2S2/c1-18(15,16)14-7-6-12(17-9-8-14)10-4-2-3-5-11(10)13/h2-5,12H,6-9H2,1H3. The van der Waals surface area contributed by atoms with Crippen molar-refractivity contribution in [2.75, 3.05) is 25.1 Å². The maximum absolute atomic E-state index is 11.5. The van der Waals surface area contributed by atoms with Crippen LogP contribution < -0.4 is 0 Å². The number of benzene rings is 1. The average Bonchev–Trinajstić information content (AvgIpc) is 2.54. The first kappa shape index (κ1) is 14.2. The van der Waals surface area contributed by atoms with Gasteiger partial charge in [-0.05, 0) is 18.1 Å². The molecule has 1 unspecified atom stereocenters. The van der Waals surface area contributed by atoms with E-state index in [2.05, 4.69) is 0 Å². The molecule has 1 aliphatic rings. The monoisotopic (exact) mass is 305 g/mol. The smallest absolute Gasteiger partial charge is 0.211 e. The second kappa shape index (κ2) is 5.82. The van der Waals surface area contributed by atoms with Crippen molar-refractivity contribution in [3.63, 3.8) is 0 Å². The molecular weight excluding hydrogens is 290 g/mol. The van der Waals surface area contributed by atoms with Gasteiger partial charge in [-0.2, -0.15) is 11.8 Å². The lowest BCUT2D eigenvalue weighted by Gasteiger charge is -2.17. The van der Waals surface area contributed by atoms with E-state index >= 15 is 0 Å². The Labute approximate surface area is 118 Å². The Balaban J connectivity index is 2.13. The fraction of sp³-hybridized carbons (Fsp3) is 0.500. The largest absolute Gasteiger partial charge is 0.213 e. The number of hydrogen-bond acceptors (Lipinski definition) is 3. The highest BCUT2D eigenvalue weighted by Crippen LogP contribution is 2.37. The first-order valence-electron chi connectivity index (χ1n) is 5.79. The number of halogens is 1. The summed E-state index contributed by atoms with van der Waals surface area (Å²) in [5.74, 6) is 0.808. The van der Waals surface area contributed by atoms with Crippen molar-refractivity contribution in [2.24, 2.45) is 0 Å². The highest BCUT2D eigenvalue weighted by molar-refractivity contribution is 7.99. The Morgan fingerprint density at radius 3 is 2.72 bits per heavy atom.